The molecule has 0 saturated carbocycles. The van der Waals surface area contributed by atoms with Crippen LogP contribution >= 0.6 is 7.82 Å². The third kappa shape index (κ3) is 68.1. The van der Waals surface area contributed by atoms with Crippen LogP contribution in [0.15, 0.2) is 182 Å². The molecule has 3 N–H and O–H groups in total. The Morgan fingerprint density at radius 1 is 0.353 bits per heavy atom. The fourth-order valence-corrected chi connectivity index (χ4v) is 9.22. The minimum atomic E-state index is -4.41. The third-order valence-corrected chi connectivity index (χ3v) is 14.3. The largest absolute Gasteiger partial charge is 0.472 e. The smallest absolute Gasteiger partial charge is 0.462 e. The summed E-state index contributed by atoms with van der Waals surface area (Å²) in [6.45, 7) is 3.48. The standard InChI is InChI=1S/C75H120NO8P/c1-3-5-7-9-11-13-15-17-19-21-23-25-27-29-31-33-35-36-38-40-42-44-46-48-50-52-54-56-58-60-62-64-66-68-75(78)84-73(72-83-85(79,80)82-70-69-76)71-81-74(77)67-65-63-61-59-57-55-53-51-49-47-45-43-41-39-37-34-32-30-28-26-24-22-20-18-16-14-12-10-8-6-4-2/h5-8,11-14,17-20,23-26,29-32,35-37,39-40,42-43,45-46,48,73H,3-4,9-10,15-16,21-22,27-28,33-34,38,41,44,47,49-72,76H2,1-2H3,(H,79,80)/b7-5-,8-6-,13-11-,14-12-,19-17-,20-18-,25-23-,26-24-,31-29-,32-30-,36-35-,39-37-,42-40-,45-43-,48-46-. The number of carbonyl (C=O) groups is 2. The predicted octanol–water partition coefficient (Wildman–Crippen LogP) is 22.0. The Morgan fingerprint density at radius 2 is 0.612 bits per heavy atom. The molecule has 0 aromatic heterocycles. The van der Waals surface area contributed by atoms with Gasteiger partial charge < -0.3 is 20.1 Å². The Kier molecular flexibility index (Phi) is 64.3. The van der Waals surface area contributed by atoms with Crippen LogP contribution in [0.5, 0.6) is 0 Å². The molecule has 0 bridgehead atoms. The van der Waals surface area contributed by atoms with Crippen molar-refractivity contribution in [3.8, 4) is 0 Å². The summed E-state index contributed by atoms with van der Waals surface area (Å²) >= 11 is 0. The minimum Gasteiger partial charge on any atom is -0.462 e. The van der Waals surface area contributed by atoms with Crippen LogP contribution < -0.4 is 5.73 Å². The van der Waals surface area contributed by atoms with E-state index in [9.17, 15) is 19.0 Å². The van der Waals surface area contributed by atoms with Crippen LogP contribution in [-0.2, 0) is 32.7 Å². The van der Waals surface area contributed by atoms with Gasteiger partial charge in [-0.2, -0.15) is 0 Å². The van der Waals surface area contributed by atoms with Crippen molar-refractivity contribution in [1.82, 2.24) is 0 Å². The van der Waals surface area contributed by atoms with E-state index in [1.54, 1.807) is 0 Å². The number of ether oxygens (including phenoxy) is 2. The molecule has 0 rings (SSSR count). The Labute approximate surface area is 520 Å². The topological polar surface area (TPSA) is 134 Å². The van der Waals surface area contributed by atoms with Crippen molar-refractivity contribution in [2.45, 2.75) is 251 Å². The maximum atomic E-state index is 12.8. The molecule has 0 aromatic carbocycles. The van der Waals surface area contributed by atoms with Gasteiger partial charge in [0.05, 0.1) is 13.2 Å². The number of nitrogens with two attached hydrogens (primary N) is 1. The lowest BCUT2D eigenvalue weighted by Crippen LogP contribution is -2.29. The Morgan fingerprint density at radius 3 is 0.906 bits per heavy atom. The number of allylic oxidation sites excluding steroid dienone is 30. The maximum Gasteiger partial charge on any atom is 0.472 e. The van der Waals surface area contributed by atoms with Gasteiger partial charge >= 0.3 is 19.8 Å². The van der Waals surface area contributed by atoms with Crippen LogP contribution in [0.4, 0.5) is 0 Å². The molecule has 0 fully saturated rings. The number of esters is 2. The van der Waals surface area contributed by atoms with Crippen LogP contribution in [0.3, 0.4) is 0 Å². The summed E-state index contributed by atoms with van der Waals surface area (Å²) in [5.74, 6) is -0.856. The van der Waals surface area contributed by atoms with Gasteiger partial charge in [0.2, 0.25) is 0 Å². The average molecular weight is 1190 g/mol. The van der Waals surface area contributed by atoms with Crippen LogP contribution in [0.25, 0.3) is 0 Å². The molecule has 0 heterocycles. The molecular weight excluding hydrogens is 1070 g/mol. The number of rotatable bonds is 60. The molecule has 478 valence electrons. The van der Waals surface area contributed by atoms with E-state index in [-0.39, 0.29) is 32.6 Å². The van der Waals surface area contributed by atoms with Gasteiger partial charge in [-0.3, -0.25) is 18.6 Å². The fourth-order valence-electron chi connectivity index (χ4n) is 8.46. The highest BCUT2D eigenvalue weighted by Crippen LogP contribution is 2.43. The van der Waals surface area contributed by atoms with E-state index in [1.807, 2.05) is 0 Å². The molecule has 0 spiro atoms. The lowest BCUT2D eigenvalue weighted by Gasteiger charge is -2.19. The lowest BCUT2D eigenvalue weighted by atomic mass is 10.1. The lowest BCUT2D eigenvalue weighted by molar-refractivity contribution is -0.161. The van der Waals surface area contributed by atoms with E-state index >= 15 is 0 Å². The summed E-state index contributed by atoms with van der Waals surface area (Å²) in [5.41, 5.74) is 5.40. The van der Waals surface area contributed by atoms with Crippen molar-refractivity contribution in [3.05, 3.63) is 182 Å². The van der Waals surface area contributed by atoms with Gasteiger partial charge in [-0.1, -0.05) is 280 Å². The first-order valence-electron chi connectivity index (χ1n) is 33.3. The minimum absolute atomic E-state index is 0.0412. The number of phosphoric acid groups is 1. The average Bonchev–Trinajstić information content (AvgIpc) is 3.52. The normalized spacial score (nSPS) is 14.2. The van der Waals surface area contributed by atoms with E-state index in [2.05, 4.69) is 196 Å². The van der Waals surface area contributed by atoms with Gasteiger partial charge in [0, 0.05) is 19.4 Å². The van der Waals surface area contributed by atoms with Crippen molar-refractivity contribution in [1.29, 1.82) is 0 Å². The first-order chi connectivity index (χ1) is 41.8. The summed E-state index contributed by atoms with van der Waals surface area (Å²) in [5, 5.41) is 0. The zero-order valence-electron chi connectivity index (χ0n) is 53.5. The highest BCUT2D eigenvalue weighted by molar-refractivity contribution is 7.47. The number of hydrogen-bond donors (Lipinski definition) is 2. The number of carbonyl (C=O) groups excluding carboxylic acids is 2. The van der Waals surface area contributed by atoms with Gasteiger partial charge in [-0.15, -0.1) is 0 Å². The molecule has 0 aromatic rings. The summed E-state index contributed by atoms with van der Waals surface area (Å²) in [4.78, 5) is 35.3. The van der Waals surface area contributed by atoms with Gasteiger partial charge in [-0.25, -0.2) is 4.57 Å². The molecule has 0 aliphatic rings. The predicted molar refractivity (Wildman–Crippen MR) is 366 cm³/mol. The molecule has 2 atom stereocenters. The van der Waals surface area contributed by atoms with Gasteiger partial charge in [-0.05, 0) is 135 Å². The van der Waals surface area contributed by atoms with Gasteiger partial charge in [0.1, 0.15) is 6.61 Å². The van der Waals surface area contributed by atoms with Crippen molar-refractivity contribution >= 4 is 19.8 Å². The van der Waals surface area contributed by atoms with Crippen LogP contribution in [0, 0.1) is 0 Å². The summed E-state index contributed by atoms with van der Waals surface area (Å²) < 4.78 is 33.1. The number of phosphoric ester groups is 1. The van der Waals surface area contributed by atoms with Crippen LogP contribution in [-0.4, -0.2) is 49.3 Å². The molecule has 10 heteroatoms. The second-order valence-corrected chi connectivity index (χ2v) is 22.7. The van der Waals surface area contributed by atoms with Gasteiger partial charge in [0.15, 0.2) is 6.10 Å². The Bertz CT molecular complexity index is 2040. The Balaban J connectivity index is 4.03. The molecule has 0 aliphatic carbocycles. The number of hydrogen-bond acceptors (Lipinski definition) is 8. The van der Waals surface area contributed by atoms with E-state index < -0.39 is 32.5 Å². The number of unbranched alkanes of at least 4 members (excludes halogenated alkanes) is 17. The van der Waals surface area contributed by atoms with Crippen molar-refractivity contribution in [2.24, 2.45) is 5.73 Å². The van der Waals surface area contributed by atoms with Crippen LogP contribution in [0.1, 0.15) is 245 Å². The monoisotopic (exact) mass is 1190 g/mol. The molecule has 0 saturated heterocycles. The van der Waals surface area contributed by atoms with Crippen molar-refractivity contribution < 1.29 is 37.6 Å². The van der Waals surface area contributed by atoms with Gasteiger partial charge in [0.25, 0.3) is 0 Å². The Hall–Kier alpha value is -4.89. The van der Waals surface area contributed by atoms with E-state index in [1.165, 1.54) is 57.8 Å². The first-order valence-corrected chi connectivity index (χ1v) is 34.8. The molecule has 85 heavy (non-hydrogen) atoms. The van der Waals surface area contributed by atoms with Crippen molar-refractivity contribution in [3.63, 3.8) is 0 Å². The van der Waals surface area contributed by atoms with E-state index in [0.29, 0.717) is 12.8 Å². The van der Waals surface area contributed by atoms with E-state index in [0.717, 1.165) is 148 Å². The molecule has 0 radical (unpaired) electrons. The second-order valence-electron chi connectivity index (χ2n) is 21.2. The van der Waals surface area contributed by atoms with Crippen LogP contribution in [0.2, 0.25) is 0 Å². The maximum absolute atomic E-state index is 12.8. The summed E-state index contributed by atoms with van der Waals surface area (Å²) in [6, 6.07) is 0. The fraction of sp³-hybridized carbons (Fsp3) is 0.573. The first kappa shape index (κ1) is 80.1. The van der Waals surface area contributed by atoms with Crippen molar-refractivity contribution in [2.75, 3.05) is 26.4 Å². The quantitative estimate of drug-likeness (QED) is 0.0264. The zero-order valence-corrected chi connectivity index (χ0v) is 54.4. The summed E-state index contributed by atoms with van der Waals surface area (Å²) in [6.07, 6.45) is 102. The second kappa shape index (κ2) is 68.2. The third-order valence-electron chi connectivity index (χ3n) is 13.3. The molecule has 2 unspecified atom stereocenters. The molecule has 0 aliphatic heterocycles. The molecule has 9 nitrogen and oxygen atoms in total. The molecular formula is C75H120NO8P. The highest BCUT2D eigenvalue weighted by Gasteiger charge is 2.26. The zero-order chi connectivity index (χ0) is 61.6. The highest BCUT2D eigenvalue weighted by atomic mass is 31.2. The summed E-state index contributed by atoms with van der Waals surface area (Å²) in [7, 11) is -4.41. The SMILES string of the molecule is CC/C=C\C/C=C\C/C=C\C/C=C\C/C=C\C/C=C\C/C=C\C/C=C\CCCCCCCCCCC(=O)OC(COC(=O)CCCCCCCCCCC/C=C\C/C=C\C/C=C\C/C=C\C/C=C\C/C=C\C/C=C\CC)COP(=O)(O)OCCN. The van der Waals surface area contributed by atoms with E-state index in [4.69, 9.17) is 24.3 Å². The molecule has 0 amide bonds.